The highest BCUT2D eigenvalue weighted by molar-refractivity contribution is 5.75. The number of hydrogen-bond donors (Lipinski definition) is 1. The van der Waals surface area contributed by atoms with E-state index in [-0.39, 0.29) is 18.1 Å². The van der Waals surface area contributed by atoms with Gasteiger partial charge in [0, 0.05) is 19.2 Å². The van der Waals surface area contributed by atoms with Gasteiger partial charge in [-0.1, -0.05) is 13.8 Å². The normalized spacial score (nSPS) is 20.8. The molecule has 0 radical (unpaired) electrons. The molecule has 1 aliphatic rings. The predicted octanol–water partition coefficient (Wildman–Crippen LogP) is 1.66. The Balaban J connectivity index is 2.34. The van der Waals surface area contributed by atoms with Gasteiger partial charge in [-0.3, -0.25) is 4.79 Å². The lowest BCUT2D eigenvalue weighted by Gasteiger charge is -2.28. The van der Waals surface area contributed by atoms with E-state index in [2.05, 4.69) is 31.1 Å². The molecule has 0 aromatic carbocycles. The molecule has 0 aliphatic carbocycles. The number of nitrogens with one attached hydrogen (secondary N) is 1. The number of carbonyl (C=O) groups excluding carboxylic acids is 1. The molecule has 21 heavy (non-hydrogen) atoms. The molecule has 0 bridgehead atoms. The van der Waals surface area contributed by atoms with Crippen molar-refractivity contribution in [3.05, 3.63) is 0 Å². The van der Waals surface area contributed by atoms with E-state index in [9.17, 15) is 4.79 Å². The third kappa shape index (κ3) is 7.79. The van der Waals surface area contributed by atoms with Gasteiger partial charge in [0.25, 0.3) is 0 Å². The first kappa shape index (κ1) is 18.4. The van der Waals surface area contributed by atoms with Crippen LogP contribution < -0.4 is 5.32 Å². The minimum absolute atomic E-state index is 0.138. The van der Waals surface area contributed by atoms with Crippen LogP contribution in [0.4, 0.5) is 0 Å². The summed E-state index contributed by atoms with van der Waals surface area (Å²) in [4.78, 5) is 14.3. The monoisotopic (exact) mass is 300 g/mol. The maximum Gasteiger partial charge on any atom is 0.323 e. The summed E-state index contributed by atoms with van der Waals surface area (Å²) >= 11 is 0. The summed E-state index contributed by atoms with van der Waals surface area (Å²) in [6, 6.07) is 0.0615. The summed E-state index contributed by atoms with van der Waals surface area (Å²) < 4.78 is 10.7. The summed E-state index contributed by atoms with van der Waals surface area (Å²) in [5.74, 6) is 0.489. The largest absolute Gasteiger partial charge is 0.465 e. The van der Waals surface area contributed by atoms with Crippen molar-refractivity contribution < 1.29 is 14.3 Å². The Morgan fingerprint density at radius 3 is 2.81 bits per heavy atom. The van der Waals surface area contributed by atoms with E-state index in [0.29, 0.717) is 12.5 Å². The van der Waals surface area contributed by atoms with E-state index in [1.165, 1.54) is 12.8 Å². The molecule has 1 saturated heterocycles. The van der Waals surface area contributed by atoms with Crippen LogP contribution in [0.2, 0.25) is 0 Å². The molecule has 1 aliphatic heterocycles. The van der Waals surface area contributed by atoms with Gasteiger partial charge >= 0.3 is 5.97 Å². The van der Waals surface area contributed by atoms with Crippen molar-refractivity contribution in [2.75, 3.05) is 40.0 Å². The average molecular weight is 300 g/mol. The second kappa shape index (κ2) is 10.1. The maximum atomic E-state index is 12.0. The molecule has 0 spiro atoms. The molecule has 1 heterocycles. The van der Waals surface area contributed by atoms with Crippen LogP contribution in [0.3, 0.4) is 0 Å². The van der Waals surface area contributed by atoms with Crippen molar-refractivity contribution >= 4 is 5.97 Å². The first-order valence-corrected chi connectivity index (χ1v) is 8.21. The Bertz CT molecular complexity index is 291. The molecule has 2 unspecified atom stereocenters. The SMILES string of the molecule is CCOC(=O)C(CCN(C)CC1CCCOC1)NC(C)C. The average Bonchev–Trinajstić information content (AvgIpc) is 2.44. The highest BCUT2D eigenvalue weighted by atomic mass is 16.5. The summed E-state index contributed by atoms with van der Waals surface area (Å²) in [6.07, 6.45) is 3.19. The van der Waals surface area contributed by atoms with Crippen LogP contribution in [0, 0.1) is 5.92 Å². The third-order valence-corrected chi connectivity index (χ3v) is 3.73. The Hall–Kier alpha value is -0.650. The van der Waals surface area contributed by atoms with Crippen LogP contribution in [0.5, 0.6) is 0 Å². The molecule has 5 nitrogen and oxygen atoms in total. The first-order valence-electron chi connectivity index (χ1n) is 8.21. The van der Waals surface area contributed by atoms with E-state index in [1.807, 2.05) is 6.92 Å². The van der Waals surface area contributed by atoms with E-state index in [0.717, 1.165) is 32.7 Å². The second-order valence-corrected chi connectivity index (χ2v) is 6.26. The van der Waals surface area contributed by atoms with Crippen LogP contribution in [-0.4, -0.2) is 62.9 Å². The van der Waals surface area contributed by atoms with Crippen molar-refractivity contribution in [2.24, 2.45) is 5.92 Å². The van der Waals surface area contributed by atoms with Crippen molar-refractivity contribution in [3.8, 4) is 0 Å². The highest BCUT2D eigenvalue weighted by Crippen LogP contribution is 2.14. The smallest absolute Gasteiger partial charge is 0.323 e. The minimum Gasteiger partial charge on any atom is -0.465 e. The molecule has 1 rings (SSSR count). The molecule has 124 valence electrons. The standard InChI is InChI=1S/C16H32N2O3/c1-5-21-16(19)15(17-13(2)3)8-9-18(4)11-14-7-6-10-20-12-14/h13-15,17H,5-12H2,1-4H3. The van der Waals surface area contributed by atoms with Crippen LogP contribution >= 0.6 is 0 Å². The van der Waals surface area contributed by atoms with Gasteiger partial charge in [0.05, 0.1) is 13.2 Å². The summed E-state index contributed by atoms with van der Waals surface area (Å²) in [6.45, 7) is 10.1. The van der Waals surface area contributed by atoms with Crippen molar-refractivity contribution in [2.45, 2.75) is 52.1 Å². The molecule has 0 saturated carbocycles. The fourth-order valence-corrected chi connectivity index (χ4v) is 2.75. The summed E-state index contributed by atoms with van der Waals surface area (Å²) in [5.41, 5.74) is 0. The van der Waals surface area contributed by atoms with Gasteiger partial charge in [-0.05, 0) is 45.7 Å². The van der Waals surface area contributed by atoms with Crippen molar-refractivity contribution in [1.29, 1.82) is 0 Å². The van der Waals surface area contributed by atoms with Crippen LogP contribution in [0.25, 0.3) is 0 Å². The van der Waals surface area contributed by atoms with Crippen LogP contribution in [0.1, 0.15) is 40.0 Å². The fourth-order valence-electron chi connectivity index (χ4n) is 2.75. The van der Waals surface area contributed by atoms with Gasteiger partial charge in [-0.2, -0.15) is 0 Å². The molecule has 0 amide bonds. The number of rotatable bonds is 9. The van der Waals surface area contributed by atoms with Gasteiger partial charge in [0.2, 0.25) is 0 Å². The lowest BCUT2D eigenvalue weighted by atomic mass is 10.0. The molecule has 1 fully saturated rings. The Morgan fingerprint density at radius 2 is 2.24 bits per heavy atom. The minimum atomic E-state index is -0.213. The lowest BCUT2D eigenvalue weighted by Crippen LogP contribution is -2.44. The highest BCUT2D eigenvalue weighted by Gasteiger charge is 2.22. The fraction of sp³-hybridized carbons (Fsp3) is 0.938. The molecule has 1 N–H and O–H groups in total. The third-order valence-electron chi connectivity index (χ3n) is 3.73. The van der Waals surface area contributed by atoms with E-state index in [1.54, 1.807) is 0 Å². The molecule has 2 atom stereocenters. The predicted molar refractivity (Wildman–Crippen MR) is 84.3 cm³/mol. The number of esters is 1. The van der Waals surface area contributed by atoms with Crippen molar-refractivity contribution in [1.82, 2.24) is 10.2 Å². The first-order chi connectivity index (χ1) is 10.0. The lowest BCUT2D eigenvalue weighted by molar-refractivity contribution is -0.146. The Morgan fingerprint density at radius 1 is 1.48 bits per heavy atom. The number of ether oxygens (including phenoxy) is 2. The molecule has 0 aromatic heterocycles. The molecular formula is C16H32N2O3. The van der Waals surface area contributed by atoms with E-state index < -0.39 is 0 Å². The quantitative estimate of drug-likeness (QED) is 0.656. The summed E-state index contributed by atoms with van der Waals surface area (Å²) in [5, 5.41) is 3.30. The van der Waals surface area contributed by atoms with E-state index >= 15 is 0 Å². The molecule has 5 heteroatoms. The summed E-state index contributed by atoms with van der Waals surface area (Å²) in [7, 11) is 2.12. The zero-order valence-corrected chi connectivity index (χ0v) is 14.1. The number of hydrogen-bond acceptors (Lipinski definition) is 5. The zero-order chi connectivity index (χ0) is 15.7. The van der Waals surface area contributed by atoms with Gasteiger partial charge in [0.1, 0.15) is 6.04 Å². The maximum absolute atomic E-state index is 12.0. The van der Waals surface area contributed by atoms with E-state index in [4.69, 9.17) is 9.47 Å². The molecular weight excluding hydrogens is 268 g/mol. The van der Waals surface area contributed by atoms with Crippen LogP contribution in [0.15, 0.2) is 0 Å². The topological polar surface area (TPSA) is 50.8 Å². The molecule has 0 aromatic rings. The Kier molecular flexibility index (Phi) is 8.88. The van der Waals surface area contributed by atoms with Crippen LogP contribution in [-0.2, 0) is 14.3 Å². The van der Waals surface area contributed by atoms with Gasteiger partial charge in [0.15, 0.2) is 0 Å². The van der Waals surface area contributed by atoms with Gasteiger partial charge in [-0.15, -0.1) is 0 Å². The van der Waals surface area contributed by atoms with Gasteiger partial charge in [-0.25, -0.2) is 0 Å². The Labute approximate surface area is 129 Å². The number of carbonyl (C=O) groups is 1. The van der Waals surface area contributed by atoms with Gasteiger partial charge < -0.3 is 19.7 Å². The second-order valence-electron chi connectivity index (χ2n) is 6.26. The van der Waals surface area contributed by atoms with Crippen molar-refractivity contribution in [3.63, 3.8) is 0 Å². The number of nitrogens with zero attached hydrogens (tertiary/aromatic N) is 1. The zero-order valence-electron chi connectivity index (χ0n) is 14.1.